The molecule has 2 N–H and O–H groups in total. The number of hydrogen-bond donors (Lipinski definition) is 2. The lowest BCUT2D eigenvalue weighted by Crippen LogP contribution is -2.38. The Kier molecular flexibility index (Phi) is 4.46. The summed E-state index contributed by atoms with van der Waals surface area (Å²) in [4.78, 5) is 5.71. The van der Waals surface area contributed by atoms with E-state index >= 15 is 0 Å². The Morgan fingerprint density at radius 2 is 1.88 bits per heavy atom. The molecule has 1 unspecified atom stereocenters. The highest BCUT2D eigenvalue weighted by Crippen LogP contribution is 2.55. The zero-order valence-corrected chi connectivity index (χ0v) is 15.1. The summed E-state index contributed by atoms with van der Waals surface area (Å²) >= 11 is 0. The first-order valence-corrected chi connectivity index (χ1v) is 10.0. The summed E-state index contributed by atoms with van der Waals surface area (Å²) in [5, 5.41) is 9.05. The highest BCUT2D eigenvalue weighted by Gasteiger charge is 2.43. The molecule has 0 saturated carbocycles. The second-order valence-corrected chi connectivity index (χ2v) is 8.40. The summed E-state index contributed by atoms with van der Waals surface area (Å²) in [5.41, 5.74) is 2.84. The number of anilines is 1. The van der Waals surface area contributed by atoms with Crippen molar-refractivity contribution in [2.75, 3.05) is 30.5 Å². The van der Waals surface area contributed by atoms with Crippen molar-refractivity contribution in [3.05, 3.63) is 48.8 Å². The van der Waals surface area contributed by atoms with Crippen LogP contribution in [-0.2, 0) is 0 Å². The maximum atomic E-state index is 10.9. The lowest BCUT2D eigenvalue weighted by molar-refractivity contribution is 0.310. The van der Waals surface area contributed by atoms with Crippen molar-refractivity contribution in [3.63, 3.8) is 0 Å². The van der Waals surface area contributed by atoms with Gasteiger partial charge in [0, 0.05) is 32.0 Å². The van der Waals surface area contributed by atoms with Gasteiger partial charge in [-0.3, -0.25) is 18.4 Å². The summed E-state index contributed by atoms with van der Waals surface area (Å²) in [6, 6.07) is 11.7. The second kappa shape index (κ2) is 6.78. The molecule has 0 spiro atoms. The van der Waals surface area contributed by atoms with Crippen LogP contribution in [0.5, 0.6) is 0 Å². The molecule has 2 fully saturated rings. The van der Waals surface area contributed by atoms with E-state index in [1.54, 1.807) is 25.9 Å². The lowest BCUT2D eigenvalue weighted by Gasteiger charge is -2.45. The van der Waals surface area contributed by atoms with Crippen LogP contribution in [0, 0.1) is 11.5 Å². The topological polar surface area (TPSA) is 86.9 Å². The smallest absolute Gasteiger partial charge is 0.179 e. The standard InChI is InChI=1S/C18H21N5O2S/c19-14-21-9-6-18(13-21)23-11-10-22(26(23,24)25)17-3-1-2-16(12-17)15-4-7-20-8-5-15/h1-5,7-8,12,18,24-25H,6,9-11,13H2. The molecule has 2 aliphatic rings. The van der Waals surface area contributed by atoms with Crippen molar-refractivity contribution in [2.24, 2.45) is 0 Å². The summed E-state index contributed by atoms with van der Waals surface area (Å²) < 4.78 is 25.3. The van der Waals surface area contributed by atoms with Crippen molar-refractivity contribution in [2.45, 2.75) is 12.5 Å². The van der Waals surface area contributed by atoms with Crippen molar-refractivity contribution >= 4 is 16.6 Å². The molecular weight excluding hydrogens is 350 g/mol. The number of nitrogens with zero attached hydrogens (tertiary/aromatic N) is 5. The van der Waals surface area contributed by atoms with Crippen molar-refractivity contribution in [1.82, 2.24) is 14.2 Å². The first-order valence-electron chi connectivity index (χ1n) is 8.57. The predicted octanol–water partition coefficient (Wildman–Crippen LogP) is 3.01. The van der Waals surface area contributed by atoms with Gasteiger partial charge in [-0.15, -0.1) is 0 Å². The largest absolute Gasteiger partial charge is 0.309 e. The van der Waals surface area contributed by atoms with Gasteiger partial charge in [0.05, 0.1) is 18.3 Å². The molecule has 0 aliphatic carbocycles. The minimum absolute atomic E-state index is 0.00645. The monoisotopic (exact) mass is 371 g/mol. The highest BCUT2D eigenvalue weighted by atomic mass is 32.3. The van der Waals surface area contributed by atoms with E-state index in [0.717, 1.165) is 23.2 Å². The average Bonchev–Trinajstić information content (AvgIpc) is 3.26. The molecule has 136 valence electrons. The van der Waals surface area contributed by atoms with E-state index in [1.165, 1.54) is 0 Å². The SMILES string of the molecule is N#CN1CCC(N2CCN(c3cccc(-c4ccncc4)c3)S2(O)O)C1. The normalized spacial score (nSPS) is 23.8. The van der Waals surface area contributed by atoms with Crippen LogP contribution in [-0.4, -0.2) is 55.5 Å². The van der Waals surface area contributed by atoms with Gasteiger partial charge in [-0.1, -0.05) is 23.1 Å². The number of nitriles is 1. The Hall–Kier alpha value is -2.31. The van der Waals surface area contributed by atoms with E-state index < -0.39 is 11.0 Å². The summed E-state index contributed by atoms with van der Waals surface area (Å²) in [7, 11) is -3.08. The van der Waals surface area contributed by atoms with E-state index in [9.17, 15) is 9.11 Å². The van der Waals surface area contributed by atoms with Crippen LogP contribution >= 0.6 is 11.0 Å². The fraction of sp³-hybridized carbons (Fsp3) is 0.333. The molecule has 2 aliphatic heterocycles. The van der Waals surface area contributed by atoms with Gasteiger partial charge >= 0.3 is 0 Å². The predicted molar refractivity (Wildman–Crippen MR) is 102 cm³/mol. The summed E-state index contributed by atoms with van der Waals surface area (Å²) in [5.74, 6) is 0. The molecule has 8 heteroatoms. The first kappa shape index (κ1) is 17.1. The minimum Gasteiger partial charge on any atom is -0.309 e. The summed E-state index contributed by atoms with van der Waals surface area (Å²) in [6.07, 6.45) is 6.41. The van der Waals surface area contributed by atoms with Gasteiger partial charge in [-0.25, -0.2) is 0 Å². The van der Waals surface area contributed by atoms with Gasteiger partial charge < -0.3 is 4.90 Å². The van der Waals surface area contributed by atoms with Gasteiger partial charge in [0.25, 0.3) is 0 Å². The third-order valence-electron chi connectivity index (χ3n) is 4.99. The molecule has 1 aromatic heterocycles. The average molecular weight is 371 g/mol. The van der Waals surface area contributed by atoms with Gasteiger partial charge in [-0.05, 0) is 41.8 Å². The molecule has 7 nitrogen and oxygen atoms in total. The van der Waals surface area contributed by atoms with Crippen LogP contribution in [0.2, 0.25) is 0 Å². The Bertz CT molecular complexity index is 826. The zero-order valence-electron chi connectivity index (χ0n) is 14.3. The number of rotatable bonds is 3. The zero-order chi connectivity index (χ0) is 18.1. The van der Waals surface area contributed by atoms with Crippen LogP contribution in [0.15, 0.2) is 48.8 Å². The van der Waals surface area contributed by atoms with Crippen LogP contribution in [0.1, 0.15) is 6.42 Å². The van der Waals surface area contributed by atoms with Crippen molar-refractivity contribution in [3.8, 4) is 17.3 Å². The first-order chi connectivity index (χ1) is 12.6. The third-order valence-corrected chi connectivity index (χ3v) is 7.09. The number of aromatic nitrogens is 1. The molecule has 3 heterocycles. The van der Waals surface area contributed by atoms with Crippen molar-refractivity contribution < 1.29 is 9.11 Å². The van der Waals surface area contributed by atoms with Gasteiger partial charge in [-0.2, -0.15) is 9.57 Å². The van der Waals surface area contributed by atoms with Gasteiger partial charge in [0.2, 0.25) is 0 Å². The minimum atomic E-state index is -3.08. The number of hydrogen-bond acceptors (Lipinski definition) is 7. The van der Waals surface area contributed by atoms with Crippen LogP contribution in [0.25, 0.3) is 11.1 Å². The molecule has 0 amide bonds. The molecule has 4 rings (SSSR count). The van der Waals surface area contributed by atoms with E-state index in [2.05, 4.69) is 11.2 Å². The fourth-order valence-corrected chi connectivity index (χ4v) is 5.54. The Morgan fingerprint density at radius 1 is 1.08 bits per heavy atom. The van der Waals surface area contributed by atoms with Crippen LogP contribution in [0.3, 0.4) is 0 Å². The maximum Gasteiger partial charge on any atom is 0.179 e. The third kappa shape index (κ3) is 2.99. The number of pyridine rings is 1. The van der Waals surface area contributed by atoms with E-state index in [4.69, 9.17) is 5.26 Å². The Morgan fingerprint density at radius 3 is 2.62 bits per heavy atom. The van der Waals surface area contributed by atoms with E-state index in [0.29, 0.717) is 26.2 Å². The second-order valence-electron chi connectivity index (χ2n) is 6.51. The molecule has 0 radical (unpaired) electrons. The maximum absolute atomic E-state index is 10.9. The molecule has 1 atom stereocenters. The van der Waals surface area contributed by atoms with E-state index in [-0.39, 0.29) is 6.04 Å². The van der Waals surface area contributed by atoms with Crippen molar-refractivity contribution in [1.29, 1.82) is 5.26 Å². The van der Waals surface area contributed by atoms with Crippen LogP contribution in [0.4, 0.5) is 5.69 Å². The molecule has 0 bridgehead atoms. The van der Waals surface area contributed by atoms with E-state index in [1.807, 2.05) is 36.4 Å². The van der Waals surface area contributed by atoms with Gasteiger partial charge in [0.1, 0.15) is 0 Å². The molecule has 1 aromatic carbocycles. The number of likely N-dealkylation sites (tertiary alicyclic amines) is 1. The number of benzene rings is 1. The Labute approximate surface area is 154 Å². The molecule has 2 saturated heterocycles. The summed E-state index contributed by atoms with van der Waals surface area (Å²) in [6.45, 7) is 2.35. The molecule has 2 aromatic rings. The van der Waals surface area contributed by atoms with Gasteiger partial charge in [0.15, 0.2) is 6.19 Å². The Balaban J connectivity index is 1.58. The quantitative estimate of drug-likeness (QED) is 0.802. The highest BCUT2D eigenvalue weighted by molar-refractivity contribution is 8.23. The fourth-order valence-electron chi connectivity index (χ4n) is 3.67. The van der Waals surface area contributed by atoms with Crippen LogP contribution < -0.4 is 4.31 Å². The molecular formula is C18H21N5O2S. The molecule has 26 heavy (non-hydrogen) atoms. The lowest BCUT2D eigenvalue weighted by atomic mass is 10.1.